The van der Waals surface area contributed by atoms with Gasteiger partial charge in [-0.3, -0.25) is 0 Å². The smallest absolute Gasteiger partial charge is 0.120 e. The molecule has 0 radical (unpaired) electrons. The van der Waals surface area contributed by atoms with Crippen molar-refractivity contribution in [3.63, 3.8) is 0 Å². The number of nitrogens with one attached hydrogen (secondary N) is 1. The van der Waals surface area contributed by atoms with Crippen LogP contribution < -0.4 is 10.1 Å². The maximum Gasteiger partial charge on any atom is 0.120 e. The number of hydrogen-bond donors (Lipinski definition) is 2. The molecule has 0 heterocycles. The summed E-state index contributed by atoms with van der Waals surface area (Å²) in [5, 5.41) is 13.8. The average molecular weight is 292 g/mol. The molecule has 106 valence electrons. The monoisotopic (exact) mass is 291 g/mol. The van der Waals surface area contributed by atoms with Crippen molar-refractivity contribution >= 4 is 17.3 Å². The van der Waals surface area contributed by atoms with Crippen molar-refractivity contribution in [2.45, 2.75) is 19.9 Å². The summed E-state index contributed by atoms with van der Waals surface area (Å²) in [6.07, 6.45) is 0. The topological polar surface area (TPSA) is 41.5 Å². The van der Waals surface area contributed by atoms with Gasteiger partial charge < -0.3 is 15.2 Å². The Balaban J connectivity index is 2.10. The molecule has 0 fully saturated rings. The standard InChI is InChI=1S/C16H18ClNO2/c1-3-20-14-7-5-13(6-8-14)18-11(2)15-10-12(17)4-9-16(15)19/h4-11,18-19H,3H2,1-2H3/t11-/m0/s1. The molecule has 2 aromatic rings. The maximum atomic E-state index is 9.88. The number of aromatic hydroxyl groups is 1. The summed E-state index contributed by atoms with van der Waals surface area (Å²) in [6.45, 7) is 4.58. The number of benzene rings is 2. The van der Waals surface area contributed by atoms with Crippen LogP contribution in [0, 0.1) is 0 Å². The van der Waals surface area contributed by atoms with Crippen LogP contribution >= 0.6 is 11.6 Å². The number of ether oxygens (including phenoxy) is 1. The third-order valence-electron chi connectivity index (χ3n) is 3.00. The van der Waals surface area contributed by atoms with Gasteiger partial charge in [-0.15, -0.1) is 0 Å². The fraction of sp³-hybridized carbons (Fsp3) is 0.250. The fourth-order valence-electron chi connectivity index (χ4n) is 2.01. The number of halogens is 1. The Bertz CT molecular complexity index is 569. The summed E-state index contributed by atoms with van der Waals surface area (Å²) >= 11 is 5.96. The van der Waals surface area contributed by atoms with Gasteiger partial charge >= 0.3 is 0 Å². The molecule has 0 aliphatic heterocycles. The average Bonchev–Trinajstić information content (AvgIpc) is 2.44. The number of hydrogen-bond acceptors (Lipinski definition) is 3. The molecule has 0 unspecified atom stereocenters. The SMILES string of the molecule is CCOc1ccc(N[C@@H](C)c2cc(Cl)ccc2O)cc1. The molecule has 0 bridgehead atoms. The first-order valence-corrected chi connectivity index (χ1v) is 6.95. The highest BCUT2D eigenvalue weighted by Crippen LogP contribution is 2.29. The van der Waals surface area contributed by atoms with Crippen LogP contribution in [0.2, 0.25) is 5.02 Å². The first kappa shape index (κ1) is 14.5. The Morgan fingerprint density at radius 3 is 2.55 bits per heavy atom. The lowest BCUT2D eigenvalue weighted by Gasteiger charge is -2.17. The zero-order valence-corrected chi connectivity index (χ0v) is 12.3. The Labute approximate surface area is 124 Å². The van der Waals surface area contributed by atoms with E-state index in [1.54, 1.807) is 18.2 Å². The van der Waals surface area contributed by atoms with Crippen molar-refractivity contribution in [3.05, 3.63) is 53.1 Å². The molecule has 20 heavy (non-hydrogen) atoms. The van der Waals surface area contributed by atoms with Crippen LogP contribution in [0.1, 0.15) is 25.5 Å². The van der Waals surface area contributed by atoms with Gasteiger partial charge in [0.25, 0.3) is 0 Å². The summed E-state index contributed by atoms with van der Waals surface area (Å²) < 4.78 is 5.40. The van der Waals surface area contributed by atoms with E-state index < -0.39 is 0 Å². The van der Waals surface area contributed by atoms with Crippen LogP contribution in [0.4, 0.5) is 5.69 Å². The Hall–Kier alpha value is -1.87. The van der Waals surface area contributed by atoms with Crippen molar-refractivity contribution in [3.8, 4) is 11.5 Å². The van der Waals surface area contributed by atoms with E-state index in [1.165, 1.54) is 0 Å². The summed E-state index contributed by atoms with van der Waals surface area (Å²) in [5.74, 6) is 1.08. The van der Waals surface area contributed by atoms with Gasteiger partial charge in [0.15, 0.2) is 0 Å². The second kappa shape index (κ2) is 6.53. The molecule has 0 saturated carbocycles. The number of rotatable bonds is 5. The van der Waals surface area contributed by atoms with E-state index in [4.69, 9.17) is 16.3 Å². The molecule has 0 saturated heterocycles. The van der Waals surface area contributed by atoms with Gasteiger partial charge in [-0.05, 0) is 56.3 Å². The zero-order valence-electron chi connectivity index (χ0n) is 11.6. The van der Waals surface area contributed by atoms with E-state index in [1.807, 2.05) is 38.1 Å². The predicted octanol–water partition coefficient (Wildman–Crippen LogP) is 4.62. The lowest BCUT2D eigenvalue weighted by Crippen LogP contribution is -2.06. The van der Waals surface area contributed by atoms with Crippen LogP contribution in [0.5, 0.6) is 11.5 Å². The molecule has 2 aromatic carbocycles. The highest BCUT2D eigenvalue weighted by Gasteiger charge is 2.11. The van der Waals surface area contributed by atoms with E-state index >= 15 is 0 Å². The quantitative estimate of drug-likeness (QED) is 0.845. The molecule has 2 N–H and O–H groups in total. The van der Waals surface area contributed by atoms with Crippen LogP contribution in [0.3, 0.4) is 0 Å². The lowest BCUT2D eigenvalue weighted by molar-refractivity contribution is 0.340. The van der Waals surface area contributed by atoms with Gasteiger partial charge in [0.05, 0.1) is 12.6 Å². The lowest BCUT2D eigenvalue weighted by atomic mass is 10.1. The minimum atomic E-state index is -0.0494. The number of anilines is 1. The molecule has 0 amide bonds. The molecule has 3 nitrogen and oxygen atoms in total. The highest BCUT2D eigenvalue weighted by molar-refractivity contribution is 6.30. The minimum Gasteiger partial charge on any atom is -0.508 e. The fourth-order valence-corrected chi connectivity index (χ4v) is 2.19. The molecule has 2 rings (SSSR count). The highest BCUT2D eigenvalue weighted by atomic mass is 35.5. The van der Waals surface area contributed by atoms with E-state index in [9.17, 15) is 5.11 Å². The van der Waals surface area contributed by atoms with E-state index in [0.29, 0.717) is 11.6 Å². The van der Waals surface area contributed by atoms with Crippen molar-refractivity contribution in [1.29, 1.82) is 0 Å². The second-order valence-electron chi connectivity index (χ2n) is 4.53. The Morgan fingerprint density at radius 1 is 1.20 bits per heavy atom. The third-order valence-corrected chi connectivity index (χ3v) is 3.24. The zero-order chi connectivity index (χ0) is 14.5. The molecule has 0 spiro atoms. The molecule has 0 aromatic heterocycles. The van der Waals surface area contributed by atoms with Crippen molar-refractivity contribution in [2.75, 3.05) is 11.9 Å². The van der Waals surface area contributed by atoms with Gasteiger partial charge in [-0.2, -0.15) is 0 Å². The van der Waals surface area contributed by atoms with Gasteiger partial charge in [-0.1, -0.05) is 11.6 Å². The Kier molecular flexibility index (Phi) is 4.74. The van der Waals surface area contributed by atoms with Crippen LogP contribution in [0.25, 0.3) is 0 Å². The summed E-state index contributed by atoms with van der Waals surface area (Å²) in [6, 6.07) is 12.7. The second-order valence-corrected chi connectivity index (χ2v) is 4.96. The van der Waals surface area contributed by atoms with Crippen molar-refractivity contribution < 1.29 is 9.84 Å². The van der Waals surface area contributed by atoms with Crippen LogP contribution in [0.15, 0.2) is 42.5 Å². The van der Waals surface area contributed by atoms with Gasteiger partial charge in [0.2, 0.25) is 0 Å². The molecule has 4 heteroatoms. The van der Waals surface area contributed by atoms with Gasteiger partial charge in [0, 0.05) is 16.3 Å². The molecule has 0 aliphatic rings. The summed E-state index contributed by atoms with van der Waals surface area (Å²) in [5.41, 5.74) is 1.73. The third kappa shape index (κ3) is 3.58. The summed E-state index contributed by atoms with van der Waals surface area (Å²) in [7, 11) is 0. The van der Waals surface area contributed by atoms with E-state index in [2.05, 4.69) is 5.32 Å². The van der Waals surface area contributed by atoms with Crippen molar-refractivity contribution in [2.24, 2.45) is 0 Å². The molecular weight excluding hydrogens is 274 g/mol. The normalized spacial score (nSPS) is 11.9. The molecule has 0 aliphatic carbocycles. The first-order valence-electron chi connectivity index (χ1n) is 6.58. The first-order chi connectivity index (χ1) is 9.60. The van der Waals surface area contributed by atoms with Crippen LogP contribution in [-0.2, 0) is 0 Å². The predicted molar refractivity (Wildman–Crippen MR) is 82.8 cm³/mol. The minimum absolute atomic E-state index is 0.0494. The Morgan fingerprint density at radius 2 is 1.90 bits per heavy atom. The number of phenolic OH excluding ortho intramolecular Hbond substituents is 1. The number of phenols is 1. The van der Waals surface area contributed by atoms with Gasteiger partial charge in [-0.25, -0.2) is 0 Å². The van der Waals surface area contributed by atoms with E-state index in [0.717, 1.165) is 17.0 Å². The molecular formula is C16H18ClNO2. The van der Waals surface area contributed by atoms with E-state index in [-0.39, 0.29) is 11.8 Å². The van der Waals surface area contributed by atoms with Crippen LogP contribution in [-0.4, -0.2) is 11.7 Å². The summed E-state index contributed by atoms with van der Waals surface area (Å²) in [4.78, 5) is 0. The largest absolute Gasteiger partial charge is 0.508 e. The molecule has 1 atom stereocenters. The van der Waals surface area contributed by atoms with Crippen molar-refractivity contribution in [1.82, 2.24) is 0 Å². The maximum absolute atomic E-state index is 9.88. The van der Waals surface area contributed by atoms with Gasteiger partial charge in [0.1, 0.15) is 11.5 Å².